The van der Waals surface area contributed by atoms with Gasteiger partial charge in [0.25, 0.3) is 0 Å². The van der Waals surface area contributed by atoms with Crippen LogP contribution in [0.1, 0.15) is 51.8 Å². The van der Waals surface area contributed by atoms with Crippen molar-refractivity contribution in [2.45, 2.75) is 37.3 Å². The molecule has 144 valence electrons. The summed E-state index contributed by atoms with van der Waals surface area (Å²) < 4.78 is 5.27. The maximum absolute atomic E-state index is 13.2. The number of benzene rings is 2. The molecule has 2 aliphatic rings. The van der Waals surface area contributed by atoms with Gasteiger partial charge < -0.3 is 10.5 Å². The van der Waals surface area contributed by atoms with Gasteiger partial charge in [0.15, 0.2) is 11.6 Å². The van der Waals surface area contributed by atoms with E-state index in [4.69, 9.17) is 10.5 Å². The molecule has 1 aliphatic carbocycles. The summed E-state index contributed by atoms with van der Waals surface area (Å²) in [5.41, 5.74) is 8.83. The van der Waals surface area contributed by atoms with Crippen LogP contribution in [-0.4, -0.2) is 30.6 Å². The molecule has 6 nitrogen and oxygen atoms in total. The van der Waals surface area contributed by atoms with Crippen LogP contribution >= 0.6 is 0 Å². The summed E-state index contributed by atoms with van der Waals surface area (Å²) in [4.78, 5) is 37.3. The molecule has 0 saturated carbocycles. The number of ether oxygens (including phenoxy) is 1. The monoisotopic (exact) mass is 378 g/mol. The van der Waals surface area contributed by atoms with Crippen LogP contribution in [0.15, 0.2) is 42.5 Å². The first-order valence-electron chi connectivity index (χ1n) is 9.35. The topological polar surface area (TPSA) is 98.5 Å². The Bertz CT molecular complexity index is 969. The lowest BCUT2D eigenvalue weighted by Gasteiger charge is -2.31. The number of nitrogens with two attached hydrogens (primary N) is 1. The van der Waals surface area contributed by atoms with E-state index in [-0.39, 0.29) is 23.9 Å². The minimum Gasteiger partial charge on any atom is -0.497 e. The maximum Gasteiger partial charge on any atom is 0.234 e. The molecular weight excluding hydrogens is 356 g/mol. The predicted octanol–water partition coefficient (Wildman–Crippen LogP) is 2.07. The average molecular weight is 378 g/mol. The first-order valence-corrected chi connectivity index (χ1v) is 9.35. The van der Waals surface area contributed by atoms with E-state index in [0.29, 0.717) is 24.2 Å². The molecule has 2 aromatic carbocycles. The van der Waals surface area contributed by atoms with Crippen LogP contribution in [0.2, 0.25) is 0 Å². The average Bonchev–Trinajstić information content (AvgIpc) is 3.01. The van der Waals surface area contributed by atoms with Crippen molar-refractivity contribution in [3.05, 3.63) is 64.7 Å². The summed E-state index contributed by atoms with van der Waals surface area (Å²) in [5.74, 6) is 0.00149. The zero-order valence-electron chi connectivity index (χ0n) is 15.6. The van der Waals surface area contributed by atoms with Crippen molar-refractivity contribution in [2.24, 2.45) is 5.73 Å². The smallest absolute Gasteiger partial charge is 0.234 e. The number of hydrogen-bond acceptors (Lipinski definition) is 5. The third-order valence-corrected chi connectivity index (χ3v) is 5.70. The number of amides is 1. The highest BCUT2D eigenvalue weighted by atomic mass is 16.5. The molecular formula is C22H22N2O4. The van der Waals surface area contributed by atoms with Crippen LogP contribution < -0.4 is 15.8 Å². The second-order valence-corrected chi connectivity index (χ2v) is 7.41. The molecule has 28 heavy (non-hydrogen) atoms. The lowest BCUT2D eigenvalue weighted by atomic mass is 9.84. The number of nitrogens with one attached hydrogen (secondary N) is 1. The number of carbonyl (C=O) groups is 3. The molecule has 3 N–H and O–H groups in total. The lowest BCUT2D eigenvalue weighted by molar-refractivity contribution is -0.123. The molecule has 3 atom stereocenters. The minimum absolute atomic E-state index is 0.0440. The zero-order chi connectivity index (χ0) is 19.8. The normalized spacial score (nSPS) is 23.0. The van der Waals surface area contributed by atoms with Crippen LogP contribution in [-0.2, 0) is 16.0 Å². The van der Waals surface area contributed by atoms with E-state index < -0.39 is 18.0 Å². The molecule has 1 heterocycles. The molecule has 0 spiro atoms. The summed E-state index contributed by atoms with van der Waals surface area (Å²) in [6.45, 7) is 0. The Labute approximate surface area is 163 Å². The highest BCUT2D eigenvalue weighted by Gasteiger charge is 2.37. The van der Waals surface area contributed by atoms with E-state index in [0.717, 1.165) is 16.7 Å². The zero-order valence-corrected chi connectivity index (χ0v) is 15.6. The van der Waals surface area contributed by atoms with Crippen molar-refractivity contribution in [3.63, 3.8) is 0 Å². The fourth-order valence-corrected chi connectivity index (χ4v) is 4.27. The highest BCUT2D eigenvalue weighted by Crippen LogP contribution is 2.39. The first kappa shape index (κ1) is 18.4. The van der Waals surface area contributed by atoms with Gasteiger partial charge in [-0.25, -0.2) is 0 Å². The van der Waals surface area contributed by atoms with E-state index in [1.165, 1.54) is 0 Å². The summed E-state index contributed by atoms with van der Waals surface area (Å²) in [5, 5.41) is 3.11. The minimum atomic E-state index is -0.604. The van der Waals surface area contributed by atoms with Crippen LogP contribution in [0.4, 0.5) is 0 Å². The summed E-state index contributed by atoms with van der Waals surface area (Å²) in [7, 11) is 1.57. The van der Waals surface area contributed by atoms with Crippen LogP contribution in [0.25, 0.3) is 0 Å². The molecule has 2 aromatic rings. The molecule has 0 aromatic heterocycles. The Morgan fingerprint density at radius 1 is 1.14 bits per heavy atom. The molecule has 1 amide bonds. The summed E-state index contributed by atoms with van der Waals surface area (Å²) in [6, 6.07) is 11.8. The standard InChI is InChI=1S/C22H22N2O4/c1-28-14-6-7-16-17(11-14)13(9-19(16)25)10-20(26)21-15-5-3-2-4-12(15)8-18(24-21)22(23)27/h2-7,11,13,18,21,24H,8-10H2,1H3,(H2,23,27). The molecule has 3 unspecified atom stereocenters. The lowest BCUT2D eigenvalue weighted by Crippen LogP contribution is -2.49. The van der Waals surface area contributed by atoms with Gasteiger partial charge >= 0.3 is 0 Å². The number of primary amides is 1. The van der Waals surface area contributed by atoms with Gasteiger partial charge in [-0.15, -0.1) is 0 Å². The van der Waals surface area contributed by atoms with E-state index in [2.05, 4.69) is 5.32 Å². The number of methoxy groups -OCH3 is 1. The van der Waals surface area contributed by atoms with Crippen LogP contribution in [0.5, 0.6) is 5.75 Å². The van der Waals surface area contributed by atoms with Gasteiger partial charge in [0, 0.05) is 18.4 Å². The van der Waals surface area contributed by atoms with E-state index in [1.54, 1.807) is 19.2 Å². The molecule has 0 saturated heterocycles. The molecule has 0 fully saturated rings. The number of fused-ring (bicyclic) bond motifs is 2. The first-order chi connectivity index (χ1) is 13.5. The number of hydrogen-bond donors (Lipinski definition) is 2. The second kappa shape index (κ2) is 7.20. The Morgan fingerprint density at radius 2 is 1.93 bits per heavy atom. The molecule has 1 aliphatic heterocycles. The van der Waals surface area contributed by atoms with E-state index in [9.17, 15) is 14.4 Å². The number of carbonyl (C=O) groups excluding carboxylic acids is 3. The fourth-order valence-electron chi connectivity index (χ4n) is 4.27. The van der Waals surface area contributed by atoms with E-state index >= 15 is 0 Å². The summed E-state index contributed by atoms with van der Waals surface area (Å²) in [6.07, 6.45) is 0.989. The Morgan fingerprint density at radius 3 is 2.68 bits per heavy atom. The van der Waals surface area contributed by atoms with Crippen molar-refractivity contribution >= 4 is 17.5 Å². The van der Waals surface area contributed by atoms with Crippen molar-refractivity contribution in [3.8, 4) is 5.75 Å². The Kier molecular flexibility index (Phi) is 4.73. The van der Waals surface area contributed by atoms with Crippen molar-refractivity contribution in [2.75, 3.05) is 7.11 Å². The summed E-state index contributed by atoms with van der Waals surface area (Å²) >= 11 is 0. The van der Waals surface area contributed by atoms with Gasteiger partial charge in [-0.05, 0) is 47.2 Å². The Balaban J connectivity index is 1.61. The SMILES string of the molecule is COc1ccc2c(c1)C(CC(=O)C1NC(C(N)=O)Cc3ccccc31)CC2=O. The largest absolute Gasteiger partial charge is 0.497 e. The van der Waals surface area contributed by atoms with Crippen molar-refractivity contribution in [1.82, 2.24) is 5.32 Å². The number of Topliss-reactive ketones (excluding diaryl/α,β-unsaturated/α-hetero) is 2. The third kappa shape index (κ3) is 3.20. The molecule has 0 bridgehead atoms. The van der Waals surface area contributed by atoms with Gasteiger partial charge in [0.1, 0.15) is 5.75 Å². The quantitative estimate of drug-likeness (QED) is 0.830. The highest BCUT2D eigenvalue weighted by molar-refractivity contribution is 6.02. The van der Waals surface area contributed by atoms with Gasteiger partial charge in [-0.3, -0.25) is 19.7 Å². The third-order valence-electron chi connectivity index (χ3n) is 5.70. The van der Waals surface area contributed by atoms with Crippen LogP contribution in [0, 0.1) is 0 Å². The van der Waals surface area contributed by atoms with Gasteiger partial charge in [0.2, 0.25) is 5.91 Å². The second-order valence-electron chi connectivity index (χ2n) is 7.41. The van der Waals surface area contributed by atoms with Gasteiger partial charge in [-0.2, -0.15) is 0 Å². The number of rotatable bonds is 5. The van der Waals surface area contributed by atoms with Crippen LogP contribution in [0.3, 0.4) is 0 Å². The Hall–Kier alpha value is -2.99. The van der Waals surface area contributed by atoms with E-state index in [1.807, 2.05) is 30.3 Å². The van der Waals surface area contributed by atoms with Gasteiger partial charge in [0.05, 0.1) is 19.2 Å². The maximum atomic E-state index is 13.2. The molecule has 0 radical (unpaired) electrons. The fraction of sp³-hybridized carbons (Fsp3) is 0.318. The van der Waals surface area contributed by atoms with Crippen molar-refractivity contribution in [1.29, 1.82) is 0 Å². The molecule has 4 rings (SSSR count). The molecule has 6 heteroatoms. The van der Waals surface area contributed by atoms with Crippen molar-refractivity contribution < 1.29 is 19.1 Å². The predicted molar refractivity (Wildman–Crippen MR) is 103 cm³/mol. The van der Waals surface area contributed by atoms with Gasteiger partial charge in [-0.1, -0.05) is 24.3 Å². The number of ketones is 2.